The number of aryl methyl sites for hydroxylation is 1. The normalized spacial score (nSPS) is 12.9. The Morgan fingerprint density at radius 3 is 2.67 bits per heavy atom. The summed E-state index contributed by atoms with van der Waals surface area (Å²) in [6.07, 6.45) is 2.80. The quantitative estimate of drug-likeness (QED) is 0.738. The van der Waals surface area contributed by atoms with Crippen LogP contribution in [0.1, 0.15) is 17.2 Å². The zero-order valence-electron chi connectivity index (χ0n) is 8.90. The van der Waals surface area contributed by atoms with Crippen molar-refractivity contribution in [1.29, 1.82) is 0 Å². The molecule has 1 rings (SSSR count). The summed E-state index contributed by atoms with van der Waals surface area (Å²) in [6.45, 7) is 2.01. The van der Waals surface area contributed by atoms with Gasteiger partial charge in [-0.25, -0.2) is 4.79 Å². The number of likely N-dealkylation sites (N-methyl/N-ethyl adjacent to an activating group) is 1. The number of rotatable bonds is 4. The van der Waals surface area contributed by atoms with Gasteiger partial charge in [0.25, 0.3) is 0 Å². The zero-order chi connectivity index (χ0) is 11.3. The second-order valence-corrected chi connectivity index (χ2v) is 3.32. The van der Waals surface area contributed by atoms with E-state index in [1.807, 2.05) is 38.2 Å². The molecule has 3 heteroatoms. The Morgan fingerprint density at radius 1 is 1.47 bits per heavy atom. The molecule has 1 aromatic rings. The van der Waals surface area contributed by atoms with Crippen molar-refractivity contribution in [2.45, 2.75) is 13.0 Å². The number of nitrogens with one attached hydrogen (secondary N) is 1. The summed E-state index contributed by atoms with van der Waals surface area (Å²) in [5.74, 6) is -0.927. The molecule has 80 valence electrons. The van der Waals surface area contributed by atoms with Gasteiger partial charge in [0.2, 0.25) is 0 Å². The fraction of sp³-hybridized carbons (Fsp3) is 0.250. The van der Waals surface area contributed by atoms with Crippen molar-refractivity contribution in [1.82, 2.24) is 5.32 Å². The van der Waals surface area contributed by atoms with E-state index in [2.05, 4.69) is 5.32 Å². The zero-order valence-corrected chi connectivity index (χ0v) is 8.90. The molecule has 1 atom stereocenters. The molecule has 0 aliphatic heterocycles. The molecule has 0 radical (unpaired) electrons. The third-order valence-corrected chi connectivity index (χ3v) is 2.27. The van der Waals surface area contributed by atoms with Gasteiger partial charge >= 0.3 is 5.97 Å². The Hall–Kier alpha value is -1.61. The first-order valence-corrected chi connectivity index (χ1v) is 4.79. The van der Waals surface area contributed by atoms with Gasteiger partial charge in [-0.2, -0.15) is 0 Å². The molecule has 15 heavy (non-hydrogen) atoms. The lowest BCUT2D eigenvalue weighted by molar-refractivity contribution is -0.131. The van der Waals surface area contributed by atoms with E-state index in [4.69, 9.17) is 5.11 Å². The topological polar surface area (TPSA) is 49.3 Å². The minimum atomic E-state index is -0.927. The number of carboxylic acids is 1. The predicted molar refractivity (Wildman–Crippen MR) is 59.8 cm³/mol. The molecule has 0 heterocycles. The van der Waals surface area contributed by atoms with Gasteiger partial charge in [0.15, 0.2) is 0 Å². The van der Waals surface area contributed by atoms with Crippen LogP contribution in [0.4, 0.5) is 0 Å². The van der Waals surface area contributed by atoms with Gasteiger partial charge in [-0.15, -0.1) is 0 Å². The maximum Gasteiger partial charge on any atom is 0.328 e. The molecule has 1 unspecified atom stereocenters. The van der Waals surface area contributed by atoms with Gasteiger partial charge in [0.05, 0.1) is 6.04 Å². The lowest BCUT2D eigenvalue weighted by Crippen LogP contribution is -2.15. The SMILES string of the molecule is CNC(/C=C/C(=O)O)c1ccccc1C. The summed E-state index contributed by atoms with van der Waals surface area (Å²) in [6, 6.07) is 7.85. The number of benzene rings is 1. The van der Waals surface area contributed by atoms with Crippen LogP contribution in [0.2, 0.25) is 0 Å². The van der Waals surface area contributed by atoms with Crippen LogP contribution < -0.4 is 5.32 Å². The molecule has 0 spiro atoms. The Kier molecular flexibility index (Phi) is 4.06. The smallest absolute Gasteiger partial charge is 0.328 e. The van der Waals surface area contributed by atoms with E-state index >= 15 is 0 Å². The molecule has 2 N–H and O–H groups in total. The number of hydrogen-bond donors (Lipinski definition) is 2. The first kappa shape index (κ1) is 11.5. The molecule has 0 saturated carbocycles. The second kappa shape index (κ2) is 5.32. The molecule has 0 aliphatic carbocycles. The van der Waals surface area contributed by atoms with Crippen molar-refractivity contribution in [3.63, 3.8) is 0 Å². The standard InChI is InChI=1S/C12H15NO2/c1-9-5-3-4-6-10(9)11(13-2)7-8-12(14)15/h3-8,11,13H,1-2H3,(H,14,15)/b8-7+. The molecule has 0 fully saturated rings. The van der Waals surface area contributed by atoms with Crippen LogP contribution in [0.15, 0.2) is 36.4 Å². The van der Waals surface area contributed by atoms with Crippen molar-refractivity contribution >= 4 is 5.97 Å². The van der Waals surface area contributed by atoms with E-state index in [1.54, 1.807) is 6.08 Å². The third-order valence-electron chi connectivity index (χ3n) is 2.27. The molecule has 0 amide bonds. The lowest BCUT2D eigenvalue weighted by Gasteiger charge is -2.14. The average Bonchev–Trinajstić information content (AvgIpc) is 2.21. The lowest BCUT2D eigenvalue weighted by atomic mass is 10.0. The summed E-state index contributed by atoms with van der Waals surface area (Å²) in [4.78, 5) is 10.4. The number of carboxylic acid groups (broad SMARTS) is 1. The minimum absolute atomic E-state index is 0.0534. The number of aliphatic carboxylic acids is 1. The predicted octanol–water partition coefficient (Wildman–Crippen LogP) is 1.90. The van der Waals surface area contributed by atoms with Crippen molar-refractivity contribution in [3.8, 4) is 0 Å². The van der Waals surface area contributed by atoms with E-state index in [-0.39, 0.29) is 6.04 Å². The van der Waals surface area contributed by atoms with E-state index < -0.39 is 5.97 Å². The maximum absolute atomic E-state index is 10.4. The van der Waals surface area contributed by atoms with Crippen LogP contribution in [0.5, 0.6) is 0 Å². The molecule has 0 aromatic heterocycles. The summed E-state index contributed by atoms with van der Waals surface area (Å²) < 4.78 is 0. The second-order valence-electron chi connectivity index (χ2n) is 3.32. The van der Waals surface area contributed by atoms with Gasteiger partial charge in [0, 0.05) is 6.08 Å². The highest BCUT2D eigenvalue weighted by atomic mass is 16.4. The van der Waals surface area contributed by atoms with Gasteiger partial charge < -0.3 is 10.4 Å². The number of hydrogen-bond acceptors (Lipinski definition) is 2. The van der Waals surface area contributed by atoms with Crippen molar-refractivity contribution < 1.29 is 9.90 Å². The van der Waals surface area contributed by atoms with E-state index in [9.17, 15) is 4.79 Å². The summed E-state index contributed by atoms with van der Waals surface area (Å²) in [5, 5.41) is 11.6. The minimum Gasteiger partial charge on any atom is -0.478 e. The van der Waals surface area contributed by atoms with Gasteiger partial charge in [-0.05, 0) is 25.1 Å². The highest BCUT2D eigenvalue weighted by Gasteiger charge is 2.07. The molecule has 3 nitrogen and oxygen atoms in total. The highest BCUT2D eigenvalue weighted by Crippen LogP contribution is 2.17. The molecule has 1 aromatic carbocycles. The Bertz CT molecular complexity index is 372. The Labute approximate surface area is 89.4 Å². The molecule has 0 saturated heterocycles. The maximum atomic E-state index is 10.4. The first-order valence-electron chi connectivity index (χ1n) is 4.79. The monoisotopic (exact) mass is 205 g/mol. The van der Waals surface area contributed by atoms with Gasteiger partial charge in [0.1, 0.15) is 0 Å². The summed E-state index contributed by atoms with van der Waals surface area (Å²) >= 11 is 0. The third kappa shape index (κ3) is 3.22. The fourth-order valence-corrected chi connectivity index (χ4v) is 1.47. The van der Waals surface area contributed by atoms with Crippen LogP contribution in [0.25, 0.3) is 0 Å². The van der Waals surface area contributed by atoms with E-state index in [0.29, 0.717) is 0 Å². The Balaban J connectivity index is 2.93. The van der Waals surface area contributed by atoms with E-state index in [0.717, 1.165) is 17.2 Å². The summed E-state index contributed by atoms with van der Waals surface area (Å²) in [5.41, 5.74) is 2.24. The molecule has 0 aliphatic rings. The van der Waals surface area contributed by atoms with Crippen LogP contribution >= 0.6 is 0 Å². The van der Waals surface area contributed by atoms with Crippen molar-refractivity contribution in [3.05, 3.63) is 47.5 Å². The van der Waals surface area contributed by atoms with Crippen molar-refractivity contribution in [2.24, 2.45) is 0 Å². The molecular weight excluding hydrogens is 190 g/mol. The molecular formula is C12H15NO2. The number of carbonyl (C=O) groups is 1. The van der Waals surface area contributed by atoms with Gasteiger partial charge in [-0.1, -0.05) is 30.3 Å². The van der Waals surface area contributed by atoms with Gasteiger partial charge in [-0.3, -0.25) is 0 Å². The average molecular weight is 205 g/mol. The van der Waals surface area contributed by atoms with E-state index in [1.165, 1.54) is 0 Å². The summed E-state index contributed by atoms with van der Waals surface area (Å²) in [7, 11) is 1.81. The Morgan fingerprint density at radius 2 is 2.13 bits per heavy atom. The van der Waals surface area contributed by atoms with Crippen LogP contribution in [0.3, 0.4) is 0 Å². The highest BCUT2D eigenvalue weighted by molar-refractivity contribution is 5.79. The molecule has 0 bridgehead atoms. The van der Waals surface area contributed by atoms with Crippen LogP contribution in [-0.4, -0.2) is 18.1 Å². The van der Waals surface area contributed by atoms with Crippen LogP contribution in [0, 0.1) is 6.92 Å². The van der Waals surface area contributed by atoms with Crippen LogP contribution in [-0.2, 0) is 4.79 Å². The van der Waals surface area contributed by atoms with Crippen molar-refractivity contribution in [2.75, 3.05) is 7.05 Å². The first-order chi connectivity index (χ1) is 7.15. The largest absolute Gasteiger partial charge is 0.478 e. The fourth-order valence-electron chi connectivity index (χ4n) is 1.47.